The second kappa shape index (κ2) is 10.5. The number of hydrogen-bond acceptors (Lipinski definition) is 5. The third kappa shape index (κ3) is 6.40. The number of nitrogens with one attached hydrogen (secondary N) is 3. The highest BCUT2D eigenvalue weighted by atomic mass is 16.5. The molecule has 0 unspecified atom stereocenters. The van der Waals surface area contributed by atoms with Gasteiger partial charge in [-0.15, -0.1) is 0 Å². The minimum atomic E-state index is -0.285. The quantitative estimate of drug-likeness (QED) is 0.651. The van der Waals surface area contributed by atoms with Gasteiger partial charge in [0.05, 0.1) is 19.8 Å². The van der Waals surface area contributed by atoms with Gasteiger partial charge < -0.3 is 20.7 Å². The van der Waals surface area contributed by atoms with Crippen molar-refractivity contribution in [3.05, 3.63) is 54.1 Å². The molecule has 0 aromatic heterocycles. The fourth-order valence-corrected chi connectivity index (χ4v) is 2.99. The van der Waals surface area contributed by atoms with Gasteiger partial charge in [0.25, 0.3) is 5.91 Å². The van der Waals surface area contributed by atoms with Crippen molar-refractivity contribution in [3.63, 3.8) is 0 Å². The van der Waals surface area contributed by atoms with E-state index < -0.39 is 0 Å². The van der Waals surface area contributed by atoms with E-state index in [1.54, 1.807) is 55.5 Å². The number of benzene rings is 2. The number of hydrogen-bond donors (Lipinski definition) is 3. The Labute approximate surface area is 175 Å². The third-order valence-corrected chi connectivity index (χ3v) is 4.63. The van der Waals surface area contributed by atoms with Crippen LogP contribution in [0.15, 0.2) is 48.5 Å². The Balaban J connectivity index is 1.53. The summed E-state index contributed by atoms with van der Waals surface area (Å²) in [5.74, 6) is -0.481. The molecular weight excluding hydrogens is 384 g/mol. The lowest BCUT2D eigenvalue weighted by Gasteiger charge is -2.25. The van der Waals surface area contributed by atoms with Crippen molar-refractivity contribution in [1.82, 2.24) is 4.90 Å². The van der Waals surface area contributed by atoms with Crippen molar-refractivity contribution in [2.75, 3.05) is 48.8 Å². The average molecular weight is 410 g/mol. The summed E-state index contributed by atoms with van der Waals surface area (Å²) in [4.78, 5) is 38.2. The van der Waals surface area contributed by atoms with Crippen LogP contribution >= 0.6 is 0 Å². The molecule has 158 valence electrons. The number of nitrogens with zero attached hydrogens (tertiary/aromatic N) is 1. The number of morpholine rings is 1. The molecule has 1 saturated heterocycles. The minimum absolute atomic E-state index is 0.0837. The van der Waals surface area contributed by atoms with Gasteiger partial charge >= 0.3 is 0 Å². The van der Waals surface area contributed by atoms with E-state index in [0.29, 0.717) is 48.8 Å². The zero-order valence-corrected chi connectivity index (χ0v) is 16.9. The molecule has 1 aliphatic heterocycles. The Hall–Kier alpha value is -3.23. The maximum atomic E-state index is 12.5. The first-order valence-corrected chi connectivity index (χ1v) is 9.95. The van der Waals surface area contributed by atoms with E-state index in [4.69, 9.17) is 4.74 Å². The van der Waals surface area contributed by atoms with Crippen molar-refractivity contribution in [1.29, 1.82) is 0 Å². The first kappa shape index (κ1) is 21.5. The van der Waals surface area contributed by atoms with Crippen molar-refractivity contribution in [2.24, 2.45) is 0 Å². The van der Waals surface area contributed by atoms with E-state index in [1.807, 2.05) is 4.90 Å². The summed E-state index contributed by atoms with van der Waals surface area (Å²) in [6, 6.07) is 13.7. The summed E-state index contributed by atoms with van der Waals surface area (Å²) < 4.78 is 5.28. The van der Waals surface area contributed by atoms with Crippen LogP contribution in [0.4, 0.5) is 17.1 Å². The van der Waals surface area contributed by atoms with Gasteiger partial charge in [-0.25, -0.2) is 0 Å². The lowest BCUT2D eigenvalue weighted by atomic mass is 10.1. The lowest BCUT2D eigenvalue weighted by Crippen LogP contribution is -2.41. The zero-order chi connectivity index (χ0) is 21.3. The van der Waals surface area contributed by atoms with Gasteiger partial charge in [-0.2, -0.15) is 0 Å². The van der Waals surface area contributed by atoms with E-state index in [2.05, 4.69) is 16.0 Å². The molecule has 3 rings (SSSR count). The first-order valence-electron chi connectivity index (χ1n) is 9.95. The summed E-state index contributed by atoms with van der Waals surface area (Å²) >= 11 is 0. The topological polar surface area (TPSA) is 99.8 Å². The average Bonchev–Trinajstić information content (AvgIpc) is 2.76. The molecule has 1 heterocycles. The van der Waals surface area contributed by atoms with E-state index in [0.717, 1.165) is 13.1 Å². The number of ether oxygens (including phenoxy) is 1. The monoisotopic (exact) mass is 410 g/mol. The molecule has 8 nitrogen and oxygen atoms in total. The fraction of sp³-hybridized carbons (Fsp3) is 0.318. The Morgan fingerprint density at radius 3 is 2.17 bits per heavy atom. The van der Waals surface area contributed by atoms with Gasteiger partial charge in [0, 0.05) is 42.1 Å². The van der Waals surface area contributed by atoms with Gasteiger partial charge in [-0.3, -0.25) is 19.3 Å². The molecule has 0 radical (unpaired) electrons. The first-order chi connectivity index (χ1) is 14.5. The summed E-state index contributed by atoms with van der Waals surface area (Å²) in [6.45, 7) is 4.89. The molecule has 1 fully saturated rings. The largest absolute Gasteiger partial charge is 0.379 e. The van der Waals surface area contributed by atoms with Gasteiger partial charge in [0.2, 0.25) is 11.8 Å². The van der Waals surface area contributed by atoms with E-state index in [9.17, 15) is 14.4 Å². The van der Waals surface area contributed by atoms with Crippen LogP contribution in [0.3, 0.4) is 0 Å². The highest BCUT2D eigenvalue weighted by Gasteiger charge is 2.14. The van der Waals surface area contributed by atoms with Crippen molar-refractivity contribution in [2.45, 2.75) is 13.3 Å². The second-order valence-corrected chi connectivity index (χ2v) is 6.95. The van der Waals surface area contributed by atoms with Gasteiger partial charge in [0.1, 0.15) is 0 Å². The summed E-state index contributed by atoms with van der Waals surface area (Å²) in [6.07, 6.45) is 0.367. The molecule has 2 aromatic rings. The van der Waals surface area contributed by atoms with Crippen LogP contribution in [-0.2, 0) is 14.3 Å². The highest BCUT2D eigenvalue weighted by Crippen LogP contribution is 2.16. The van der Waals surface area contributed by atoms with Gasteiger partial charge in [-0.1, -0.05) is 13.0 Å². The van der Waals surface area contributed by atoms with Crippen LogP contribution < -0.4 is 16.0 Å². The zero-order valence-electron chi connectivity index (χ0n) is 16.9. The van der Waals surface area contributed by atoms with Crippen LogP contribution in [0.25, 0.3) is 0 Å². The maximum Gasteiger partial charge on any atom is 0.255 e. The fourth-order valence-electron chi connectivity index (χ4n) is 2.99. The van der Waals surface area contributed by atoms with Crippen LogP contribution in [0.1, 0.15) is 23.7 Å². The van der Waals surface area contributed by atoms with Crippen molar-refractivity contribution in [3.8, 4) is 0 Å². The summed E-state index contributed by atoms with van der Waals surface area (Å²) in [5, 5.41) is 8.41. The van der Waals surface area contributed by atoms with Crippen LogP contribution in [0.2, 0.25) is 0 Å². The SMILES string of the molecule is CCC(=O)Nc1cccc(C(=O)Nc2ccc(NC(=O)CN3CCOCC3)cc2)c1. The number of carbonyl (C=O) groups excluding carboxylic acids is 3. The molecule has 3 N–H and O–H groups in total. The van der Waals surface area contributed by atoms with E-state index in [1.165, 1.54) is 0 Å². The predicted molar refractivity (Wildman–Crippen MR) is 116 cm³/mol. The number of rotatable bonds is 7. The minimum Gasteiger partial charge on any atom is -0.379 e. The Morgan fingerprint density at radius 1 is 0.867 bits per heavy atom. The second-order valence-electron chi connectivity index (χ2n) is 6.95. The predicted octanol–water partition coefficient (Wildman–Crippen LogP) is 2.56. The van der Waals surface area contributed by atoms with Crippen LogP contribution in [0, 0.1) is 0 Å². The van der Waals surface area contributed by atoms with Gasteiger partial charge in [-0.05, 0) is 42.5 Å². The smallest absolute Gasteiger partial charge is 0.255 e. The molecule has 2 aromatic carbocycles. The molecule has 0 saturated carbocycles. The standard InChI is InChI=1S/C22H26N4O4/c1-2-20(27)24-19-5-3-4-16(14-19)22(29)25-18-8-6-17(7-9-18)23-21(28)15-26-10-12-30-13-11-26/h3-9,14H,2,10-13,15H2,1H3,(H,23,28)(H,24,27)(H,25,29). The van der Waals surface area contributed by atoms with Gasteiger partial charge in [0.15, 0.2) is 0 Å². The number of amides is 3. The molecule has 3 amide bonds. The molecule has 0 aliphatic carbocycles. The Morgan fingerprint density at radius 2 is 1.50 bits per heavy atom. The van der Waals surface area contributed by atoms with Crippen LogP contribution in [-0.4, -0.2) is 55.5 Å². The lowest BCUT2D eigenvalue weighted by molar-refractivity contribution is -0.118. The van der Waals surface area contributed by atoms with Crippen molar-refractivity contribution < 1.29 is 19.1 Å². The molecule has 1 aliphatic rings. The number of carbonyl (C=O) groups is 3. The Kier molecular flexibility index (Phi) is 7.53. The normalized spacial score (nSPS) is 14.0. The maximum absolute atomic E-state index is 12.5. The third-order valence-electron chi connectivity index (χ3n) is 4.63. The molecule has 0 atom stereocenters. The molecule has 8 heteroatoms. The summed E-state index contributed by atoms with van der Waals surface area (Å²) in [5.41, 5.74) is 2.28. The Bertz CT molecular complexity index is 892. The van der Waals surface area contributed by atoms with Crippen LogP contribution in [0.5, 0.6) is 0 Å². The molecular formula is C22H26N4O4. The highest BCUT2D eigenvalue weighted by molar-refractivity contribution is 6.05. The van der Waals surface area contributed by atoms with E-state index in [-0.39, 0.29) is 17.7 Å². The van der Waals surface area contributed by atoms with Crippen molar-refractivity contribution >= 4 is 34.8 Å². The summed E-state index contributed by atoms with van der Waals surface area (Å²) in [7, 11) is 0. The molecule has 0 bridgehead atoms. The number of anilines is 3. The molecule has 0 spiro atoms. The van der Waals surface area contributed by atoms with E-state index >= 15 is 0 Å². The molecule has 30 heavy (non-hydrogen) atoms.